The van der Waals surface area contributed by atoms with Crippen LogP contribution in [0.3, 0.4) is 0 Å². The number of aromatic nitrogens is 1. The van der Waals surface area contributed by atoms with Gasteiger partial charge in [-0.05, 0) is 19.8 Å². The molecule has 1 heterocycles. The van der Waals surface area contributed by atoms with Gasteiger partial charge in [0.25, 0.3) is 5.91 Å². The van der Waals surface area contributed by atoms with Crippen molar-refractivity contribution in [2.45, 2.75) is 26.8 Å². The molecule has 0 saturated heterocycles. The SMILES string of the molecule is Cc1ncc(C(=O)NC(C)C(C)CO)s1. The molecule has 0 bridgehead atoms. The number of aryl methyl sites for hydroxylation is 1. The van der Waals surface area contributed by atoms with E-state index in [0.717, 1.165) is 5.01 Å². The summed E-state index contributed by atoms with van der Waals surface area (Å²) >= 11 is 1.37. The van der Waals surface area contributed by atoms with Crippen LogP contribution in [-0.4, -0.2) is 28.6 Å². The molecule has 0 spiro atoms. The number of nitrogens with zero attached hydrogens (tertiary/aromatic N) is 1. The average molecular weight is 228 g/mol. The van der Waals surface area contributed by atoms with Crippen molar-refractivity contribution in [2.24, 2.45) is 5.92 Å². The molecule has 2 unspecified atom stereocenters. The first kappa shape index (κ1) is 12.1. The van der Waals surface area contributed by atoms with Gasteiger partial charge < -0.3 is 10.4 Å². The number of amides is 1. The van der Waals surface area contributed by atoms with Crippen molar-refractivity contribution in [1.82, 2.24) is 10.3 Å². The Labute approximate surface area is 93.4 Å². The van der Waals surface area contributed by atoms with E-state index in [1.54, 1.807) is 6.20 Å². The van der Waals surface area contributed by atoms with E-state index in [9.17, 15) is 4.79 Å². The predicted molar refractivity (Wildman–Crippen MR) is 60.0 cm³/mol. The quantitative estimate of drug-likeness (QED) is 0.814. The van der Waals surface area contributed by atoms with Crippen molar-refractivity contribution in [3.63, 3.8) is 0 Å². The smallest absolute Gasteiger partial charge is 0.263 e. The van der Waals surface area contributed by atoms with Crippen LogP contribution in [0, 0.1) is 12.8 Å². The maximum absolute atomic E-state index is 11.7. The lowest BCUT2D eigenvalue weighted by Gasteiger charge is -2.18. The Balaban J connectivity index is 2.56. The molecule has 0 aliphatic carbocycles. The Kier molecular flexibility index (Phi) is 4.23. The molecule has 2 N–H and O–H groups in total. The van der Waals surface area contributed by atoms with Crippen LogP contribution in [0.4, 0.5) is 0 Å². The van der Waals surface area contributed by atoms with Crippen molar-refractivity contribution in [3.05, 3.63) is 16.1 Å². The summed E-state index contributed by atoms with van der Waals surface area (Å²) in [5.41, 5.74) is 0. The minimum Gasteiger partial charge on any atom is -0.396 e. The highest BCUT2D eigenvalue weighted by molar-refractivity contribution is 7.13. The third kappa shape index (κ3) is 3.28. The van der Waals surface area contributed by atoms with Gasteiger partial charge >= 0.3 is 0 Å². The zero-order valence-corrected chi connectivity index (χ0v) is 9.97. The molecule has 0 aliphatic rings. The first-order chi connectivity index (χ1) is 7.04. The van der Waals surface area contributed by atoms with Crippen molar-refractivity contribution >= 4 is 17.2 Å². The van der Waals surface area contributed by atoms with Gasteiger partial charge in [-0.25, -0.2) is 4.98 Å². The van der Waals surface area contributed by atoms with E-state index < -0.39 is 0 Å². The lowest BCUT2D eigenvalue weighted by atomic mass is 10.1. The zero-order valence-electron chi connectivity index (χ0n) is 9.15. The van der Waals surface area contributed by atoms with Gasteiger partial charge in [-0.3, -0.25) is 4.79 Å². The lowest BCUT2D eigenvalue weighted by molar-refractivity contribution is 0.0920. The van der Waals surface area contributed by atoms with Gasteiger partial charge in [0.15, 0.2) is 0 Å². The molecule has 1 amide bonds. The Morgan fingerprint density at radius 1 is 1.67 bits per heavy atom. The minimum atomic E-state index is -0.117. The van der Waals surface area contributed by atoms with Gasteiger partial charge in [-0.2, -0.15) is 0 Å². The van der Waals surface area contributed by atoms with Crippen LogP contribution in [0.2, 0.25) is 0 Å². The third-order valence-corrected chi connectivity index (χ3v) is 3.26. The number of hydrogen-bond acceptors (Lipinski definition) is 4. The molecule has 1 aromatic rings. The predicted octanol–water partition coefficient (Wildman–Crippen LogP) is 1.20. The van der Waals surface area contributed by atoms with Crippen molar-refractivity contribution in [3.8, 4) is 0 Å². The molecule has 0 saturated carbocycles. The summed E-state index contributed by atoms with van der Waals surface area (Å²) in [6, 6.07) is -0.0371. The van der Waals surface area contributed by atoms with Gasteiger partial charge in [-0.15, -0.1) is 11.3 Å². The van der Waals surface area contributed by atoms with E-state index in [0.29, 0.717) is 4.88 Å². The van der Waals surface area contributed by atoms with Crippen LogP contribution in [0.5, 0.6) is 0 Å². The molecule has 0 fully saturated rings. The van der Waals surface area contributed by atoms with Crippen LogP contribution in [0.1, 0.15) is 28.5 Å². The molecule has 15 heavy (non-hydrogen) atoms. The van der Waals surface area contributed by atoms with Crippen LogP contribution < -0.4 is 5.32 Å². The van der Waals surface area contributed by atoms with E-state index in [1.165, 1.54) is 11.3 Å². The van der Waals surface area contributed by atoms with Crippen LogP contribution in [0.15, 0.2) is 6.20 Å². The maximum Gasteiger partial charge on any atom is 0.263 e. The fourth-order valence-corrected chi connectivity index (χ4v) is 1.73. The summed E-state index contributed by atoms with van der Waals surface area (Å²) in [6.45, 7) is 5.71. The molecule has 0 aliphatic heterocycles. The standard InChI is InChI=1S/C10H16N2O2S/c1-6(5-13)7(2)12-10(14)9-4-11-8(3)15-9/h4,6-7,13H,5H2,1-3H3,(H,12,14). The molecule has 1 rings (SSSR count). The summed E-state index contributed by atoms with van der Waals surface area (Å²) in [4.78, 5) is 16.3. The van der Waals surface area contributed by atoms with Crippen molar-refractivity contribution in [1.29, 1.82) is 0 Å². The fraction of sp³-hybridized carbons (Fsp3) is 0.600. The lowest BCUT2D eigenvalue weighted by Crippen LogP contribution is -2.38. The van der Waals surface area contributed by atoms with Gasteiger partial charge in [0, 0.05) is 12.6 Å². The summed E-state index contributed by atoms with van der Waals surface area (Å²) in [5, 5.41) is 12.6. The molecule has 0 aromatic carbocycles. The largest absolute Gasteiger partial charge is 0.396 e. The highest BCUT2D eigenvalue weighted by Gasteiger charge is 2.16. The molecule has 0 radical (unpaired) electrons. The zero-order chi connectivity index (χ0) is 11.4. The Bertz CT molecular complexity index is 338. The van der Waals surface area contributed by atoms with E-state index in [-0.39, 0.29) is 24.5 Å². The van der Waals surface area contributed by atoms with E-state index in [2.05, 4.69) is 10.3 Å². The third-order valence-electron chi connectivity index (χ3n) is 2.35. The number of aliphatic hydroxyl groups excluding tert-OH is 1. The molecule has 2 atom stereocenters. The summed E-state index contributed by atoms with van der Waals surface area (Å²) in [5.74, 6) is -0.0589. The van der Waals surface area contributed by atoms with Crippen molar-refractivity contribution in [2.75, 3.05) is 6.61 Å². The number of hydrogen-bond donors (Lipinski definition) is 2. The summed E-state index contributed by atoms with van der Waals surface area (Å²) < 4.78 is 0. The van der Waals surface area contributed by atoms with E-state index in [4.69, 9.17) is 5.11 Å². The number of carbonyl (C=O) groups excluding carboxylic acids is 1. The van der Waals surface area contributed by atoms with E-state index in [1.807, 2.05) is 20.8 Å². The molecule has 4 nitrogen and oxygen atoms in total. The molecular weight excluding hydrogens is 212 g/mol. The first-order valence-corrected chi connectivity index (χ1v) is 5.70. The number of nitrogens with one attached hydrogen (secondary N) is 1. The number of thiazole rings is 1. The fourth-order valence-electron chi connectivity index (χ4n) is 1.04. The highest BCUT2D eigenvalue weighted by atomic mass is 32.1. The summed E-state index contributed by atoms with van der Waals surface area (Å²) in [6.07, 6.45) is 1.58. The number of carbonyl (C=O) groups is 1. The van der Waals surface area contributed by atoms with Gasteiger partial charge in [-0.1, -0.05) is 6.92 Å². The normalized spacial score (nSPS) is 14.7. The van der Waals surface area contributed by atoms with Crippen molar-refractivity contribution < 1.29 is 9.90 Å². The van der Waals surface area contributed by atoms with Crippen LogP contribution in [-0.2, 0) is 0 Å². The average Bonchev–Trinajstić information content (AvgIpc) is 2.63. The number of rotatable bonds is 4. The molecule has 1 aromatic heterocycles. The van der Waals surface area contributed by atoms with Crippen LogP contribution in [0.25, 0.3) is 0 Å². The number of aliphatic hydroxyl groups is 1. The monoisotopic (exact) mass is 228 g/mol. The Morgan fingerprint density at radius 2 is 2.33 bits per heavy atom. The second-order valence-electron chi connectivity index (χ2n) is 3.67. The minimum absolute atomic E-state index is 0.0371. The molecule has 5 heteroatoms. The first-order valence-electron chi connectivity index (χ1n) is 4.88. The topological polar surface area (TPSA) is 62.2 Å². The maximum atomic E-state index is 11.7. The van der Waals surface area contributed by atoms with Gasteiger partial charge in [0.1, 0.15) is 4.88 Å². The molecular formula is C10H16N2O2S. The summed E-state index contributed by atoms with van der Waals surface area (Å²) in [7, 11) is 0. The van der Waals surface area contributed by atoms with Gasteiger partial charge in [0.05, 0.1) is 11.2 Å². The van der Waals surface area contributed by atoms with Crippen LogP contribution >= 0.6 is 11.3 Å². The second-order valence-corrected chi connectivity index (χ2v) is 4.90. The highest BCUT2D eigenvalue weighted by Crippen LogP contribution is 2.12. The Hall–Kier alpha value is -0.940. The second kappa shape index (κ2) is 5.23. The van der Waals surface area contributed by atoms with Gasteiger partial charge in [0.2, 0.25) is 0 Å². The Morgan fingerprint density at radius 3 is 2.80 bits per heavy atom. The molecule has 84 valence electrons. The van der Waals surface area contributed by atoms with E-state index >= 15 is 0 Å².